The highest BCUT2D eigenvalue weighted by Crippen LogP contribution is 2.30. The fourth-order valence-corrected chi connectivity index (χ4v) is 2.84. The summed E-state index contributed by atoms with van der Waals surface area (Å²) in [6, 6.07) is 0.984. The van der Waals surface area contributed by atoms with Crippen LogP contribution in [-0.2, 0) is 0 Å². The maximum absolute atomic E-state index is 2.73. The zero-order valence-corrected chi connectivity index (χ0v) is 8.78. The lowest BCUT2D eigenvalue weighted by Crippen LogP contribution is -2.31. The van der Waals surface area contributed by atoms with E-state index < -0.39 is 0 Å². The van der Waals surface area contributed by atoms with Gasteiger partial charge in [-0.2, -0.15) is 11.8 Å². The quantitative estimate of drug-likeness (QED) is 0.650. The van der Waals surface area contributed by atoms with Crippen LogP contribution >= 0.6 is 11.8 Å². The molecule has 12 heavy (non-hydrogen) atoms. The van der Waals surface area contributed by atoms with Crippen molar-refractivity contribution in [3.63, 3.8) is 0 Å². The molecule has 1 unspecified atom stereocenters. The number of thioether (sulfide) groups is 1. The van der Waals surface area contributed by atoms with Gasteiger partial charge in [0.15, 0.2) is 0 Å². The van der Waals surface area contributed by atoms with Gasteiger partial charge in [0.25, 0.3) is 0 Å². The molecular formula is C10H19NS. The number of likely N-dealkylation sites (tertiary alicyclic amines) is 1. The molecule has 0 N–H and O–H groups in total. The third-order valence-electron chi connectivity index (χ3n) is 3.06. The third-order valence-corrected chi connectivity index (χ3v) is 4.11. The summed E-state index contributed by atoms with van der Waals surface area (Å²) in [4.78, 5) is 2.73. The van der Waals surface area contributed by atoms with E-state index in [9.17, 15) is 0 Å². The minimum absolute atomic E-state index is 0.924. The Hall–Kier alpha value is 0.310. The molecule has 1 saturated carbocycles. The van der Waals surface area contributed by atoms with E-state index in [4.69, 9.17) is 0 Å². The van der Waals surface area contributed by atoms with Crippen LogP contribution in [0.1, 0.15) is 32.1 Å². The monoisotopic (exact) mass is 185 g/mol. The smallest absolute Gasteiger partial charge is 0.0172 e. The molecule has 1 aliphatic heterocycles. The van der Waals surface area contributed by atoms with Crippen molar-refractivity contribution in [1.82, 2.24) is 4.90 Å². The van der Waals surface area contributed by atoms with Crippen molar-refractivity contribution in [2.45, 2.75) is 43.4 Å². The molecule has 1 heterocycles. The predicted octanol–water partition coefficient (Wildman–Crippen LogP) is 2.37. The van der Waals surface area contributed by atoms with Gasteiger partial charge >= 0.3 is 0 Å². The first kappa shape index (κ1) is 8.89. The summed E-state index contributed by atoms with van der Waals surface area (Å²) in [5.74, 6) is 0. The van der Waals surface area contributed by atoms with E-state index in [2.05, 4.69) is 22.9 Å². The van der Waals surface area contributed by atoms with Crippen LogP contribution in [0.25, 0.3) is 0 Å². The summed E-state index contributed by atoms with van der Waals surface area (Å²) < 4.78 is 0. The number of hydrogen-bond acceptors (Lipinski definition) is 2. The average Bonchev–Trinajstić information content (AvgIpc) is 2.91. The highest BCUT2D eigenvalue weighted by molar-refractivity contribution is 7.99. The van der Waals surface area contributed by atoms with Crippen LogP contribution in [0, 0.1) is 0 Å². The van der Waals surface area contributed by atoms with Gasteiger partial charge in [0.1, 0.15) is 0 Å². The van der Waals surface area contributed by atoms with Crippen molar-refractivity contribution < 1.29 is 0 Å². The number of hydrogen-bond donors (Lipinski definition) is 0. The van der Waals surface area contributed by atoms with Crippen molar-refractivity contribution in [3.8, 4) is 0 Å². The zero-order chi connectivity index (χ0) is 8.39. The normalized spacial score (nSPS) is 33.2. The fourth-order valence-electron chi connectivity index (χ4n) is 2.09. The molecule has 2 fully saturated rings. The Morgan fingerprint density at radius 1 is 1.17 bits per heavy atom. The molecule has 2 aliphatic rings. The van der Waals surface area contributed by atoms with Gasteiger partial charge in [-0.25, -0.2) is 0 Å². The van der Waals surface area contributed by atoms with E-state index in [0.29, 0.717) is 0 Å². The van der Waals surface area contributed by atoms with E-state index in [1.807, 2.05) is 0 Å². The van der Waals surface area contributed by atoms with Gasteiger partial charge in [-0.05, 0) is 38.5 Å². The highest BCUT2D eigenvalue weighted by atomic mass is 32.2. The van der Waals surface area contributed by atoms with Gasteiger partial charge in [-0.3, -0.25) is 4.90 Å². The Kier molecular flexibility index (Phi) is 2.97. The topological polar surface area (TPSA) is 3.24 Å². The molecule has 0 amide bonds. The second-order valence-electron chi connectivity index (χ2n) is 4.08. The van der Waals surface area contributed by atoms with Crippen LogP contribution in [0.5, 0.6) is 0 Å². The summed E-state index contributed by atoms with van der Waals surface area (Å²) in [5.41, 5.74) is 0. The van der Waals surface area contributed by atoms with Crippen molar-refractivity contribution in [1.29, 1.82) is 0 Å². The minimum Gasteiger partial charge on any atom is -0.299 e. The molecule has 1 saturated heterocycles. The Balaban J connectivity index is 1.86. The fraction of sp³-hybridized carbons (Fsp3) is 1.00. The van der Waals surface area contributed by atoms with E-state index in [0.717, 1.165) is 11.3 Å². The summed E-state index contributed by atoms with van der Waals surface area (Å²) in [5, 5.41) is 0.924. The predicted molar refractivity (Wildman–Crippen MR) is 55.7 cm³/mol. The third kappa shape index (κ3) is 2.17. The van der Waals surface area contributed by atoms with Crippen LogP contribution in [0.2, 0.25) is 0 Å². The molecule has 1 atom stereocenters. The molecule has 0 aromatic carbocycles. The number of nitrogens with zero attached hydrogens (tertiary/aromatic N) is 1. The zero-order valence-electron chi connectivity index (χ0n) is 7.96. The largest absolute Gasteiger partial charge is 0.299 e. The van der Waals surface area contributed by atoms with Gasteiger partial charge in [-0.1, -0.05) is 6.42 Å². The maximum atomic E-state index is 2.73. The first-order valence-electron chi connectivity index (χ1n) is 5.17. The molecule has 0 radical (unpaired) electrons. The molecule has 2 rings (SSSR count). The summed E-state index contributed by atoms with van der Waals surface area (Å²) in [7, 11) is 0. The standard InChI is InChI=1S/C10H19NS/c1-12-10-4-2-3-7-11(8-10)9-5-6-9/h9-10H,2-8H2,1H3. The second-order valence-corrected chi connectivity index (χ2v) is 5.22. The van der Waals surface area contributed by atoms with Crippen LogP contribution in [0.4, 0.5) is 0 Å². The number of rotatable bonds is 2. The van der Waals surface area contributed by atoms with E-state index >= 15 is 0 Å². The molecule has 1 aliphatic carbocycles. The first-order chi connectivity index (χ1) is 5.90. The lowest BCUT2D eigenvalue weighted by molar-refractivity contribution is 0.277. The van der Waals surface area contributed by atoms with Crippen molar-refractivity contribution in [2.24, 2.45) is 0 Å². The maximum Gasteiger partial charge on any atom is 0.0172 e. The Labute approximate surface area is 79.9 Å². The highest BCUT2D eigenvalue weighted by Gasteiger charge is 2.30. The Morgan fingerprint density at radius 2 is 2.00 bits per heavy atom. The Bertz CT molecular complexity index is 145. The summed E-state index contributed by atoms with van der Waals surface area (Å²) >= 11 is 2.07. The minimum atomic E-state index is 0.924. The van der Waals surface area contributed by atoms with Gasteiger partial charge in [0, 0.05) is 17.8 Å². The van der Waals surface area contributed by atoms with Crippen LogP contribution in [0.15, 0.2) is 0 Å². The van der Waals surface area contributed by atoms with E-state index in [-0.39, 0.29) is 0 Å². The lowest BCUT2D eigenvalue weighted by Gasteiger charge is -2.22. The molecule has 70 valence electrons. The molecule has 0 spiro atoms. The van der Waals surface area contributed by atoms with Crippen molar-refractivity contribution >= 4 is 11.8 Å². The van der Waals surface area contributed by atoms with Crippen LogP contribution < -0.4 is 0 Å². The first-order valence-corrected chi connectivity index (χ1v) is 6.46. The van der Waals surface area contributed by atoms with Crippen LogP contribution in [-0.4, -0.2) is 35.5 Å². The molecule has 0 bridgehead atoms. The van der Waals surface area contributed by atoms with Gasteiger partial charge in [0.05, 0.1) is 0 Å². The van der Waals surface area contributed by atoms with Crippen molar-refractivity contribution in [3.05, 3.63) is 0 Å². The van der Waals surface area contributed by atoms with Crippen LogP contribution in [0.3, 0.4) is 0 Å². The van der Waals surface area contributed by atoms with E-state index in [1.165, 1.54) is 45.2 Å². The molecule has 2 heteroatoms. The van der Waals surface area contributed by atoms with Gasteiger partial charge in [0.2, 0.25) is 0 Å². The lowest BCUT2D eigenvalue weighted by atomic mass is 10.2. The average molecular weight is 185 g/mol. The second kappa shape index (κ2) is 4.01. The molecule has 0 aromatic rings. The summed E-state index contributed by atoms with van der Waals surface area (Å²) in [6.45, 7) is 2.74. The van der Waals surface area contributed by atoms with Gasteiger partial charge in [-0.15, -0.1) is 0 Å². The Morgan fingerprint density at radius 3 is 2.67 bits per heavy atom. The SMILES string of the molecule is CSC1CCCCN(C2CC2)C1. The van der Waals surface area contributed by atoms with E-state index in [1.54, 1.807) is 0 Å². The summed E-state index contributed by atoms with van der Waals surface area (Å²) in [6.07, 6.45) is 9.55. The molecular weight excluding hydrogens is 166 g/mol. The van der Waals surface area contributed by atoms with Gasteiger partial charge < -0.3 is 0 Å². The van der Waals surface area contributed by atoms with Crippen molar-refractivity contribution in [2.75, 3.05) is 19.3 Å². The molecule has 0 aromatic heterocycles. The molecule has 1 nitrogen and oxygen atoms in total.